The highest BCUT2D eigenvalue weighted by molar-refractivity contribution is 5.45. The van der Waals surface area contributed by atoms with Crippen molar-refractivity contribution in [3.8, 4) is 5.88 Å². The van der Waals surface area contributed by atoms with Gasteiger partial charge in [-0.05, 0) is 12.1 Å². The van der Waals surface area contributed by atoms with Crippen molar-refractivity contribution in [1.82, 2.24) is 9.13 Å². The first-order valence-electron chi connectivity index (χ1n) is 5.58. The van der Waals surface area contributed by atoms with Gasteiger partial charge in [-0.3, -0.25) is 13.9 Å². The average Bonchev–Trinajstić information content (AvgIpc) is 2.45. The second kappa shape index (κ2) is 5.08. The van der Waals surface area contributed by atoms with Crippen LogP contribution < -0.4 is 11.2 Å². The molecule has 0 atom stereocenters. The van der Waals surface area contributed by atoms with Crippen LogP contribution in [-0.2, 0) is 14.1 Å². The third kappa shape index (κ3) is 2.22. The Hall–Kier alpha value is -2.77. The van der Waals surface area contributed by atoms with E-state index >= 15 is 0 Å². The number of hydrogen-bond donors (Lipinski definition) is 1. The number of benzene rings is 1. The standard InChI is InChI=1S/C12H11FN4O3/c1-16-10(18)9(11(19)17(2)12(16)20)15-14-8-6-4-3-5-7(8)13/h3-6,18H,1-2H3. The minimum atomic E-state index is -0.814. The molecular weight excluding hydrogens is 267 g/mol. The highest BCUT2D eigenvalue weighted by Crippen LogP contribution is 2.23. The summed E-state index contributed by atoms with van der Waals surface area (Å²) in [6.07, 6.45) is 0. The van der Waals surface area contributed by atoms with Crippen molar-refractivity contribution in [2.24, 2.45) is 24.3 Å². The third-order valence-corrected chi connectivity index (χ3v) is 2.72. The minimum Gasteiger partial charge on any atom is -0.493 e. The normalized spacial score (nSPS) is 11.2. The molecular formula is C12H11FN4O3. The van der Waals surface area contributed by atoms with Crippen LogP contribution in [0.3, 0.4) is 0 Å². The molecule has 0 fully saturated rings. The minimum absolute atomic E-state index is 0.0807. The Kier molecular flexibility index (Phi) is 3.47. The van der Waals surface area contributed by atoms with E-state index in [4.69, 9.17) is 0 Å². The van der Waals surface area contributed by atoms with Crippen molar-refractivity contribution < 1.29 is 9.50 Å². The molecule has 0 amide bonds. The fraction of sp³-hybridized carbons (Fsp3) is 0.167. The summed E-state index contributed by atoms with van der Waals surface area (Å²) in [4.78, 5) is 23.3. The molecule has 8 heteroatoms. The lowest BCUT2D eigenvalue weighted by Crippen LogP contribution is -2.36. The first kappa shape index (κ1) is 13.7. The summed E-state index contributed by atoms with van der Waals surface area (Å²) in [5, 5.41) is 16.8. The largest absolute Gasteiger partial charge is 0.493 e. The SMILES string of the molecule is Cn1c(O)c(N=Nc2ccccc2F)c(=O)n(C)c1=O. The van der Waals surface area contributed by atoms with Crippen LogP contribution in [0, 0.1) is 5.82 Å². The number of aromatic nitrogens is 2. The fourth-order valence-corrected chi connectivity index (χ4v) is 1.54. The van der Waals surface area contributed by atoms with Gasteiger partial charge >= 0.3 is 5.69 Å². The van der Waals surface area contributed by atoms with Crippen LogP contribution >= 0.6 is 0 Å². The van der Waals surface area contributed by atoms with Crippen LogP contribution in [0.25, 0.3) is 0 Å². The monoisotopic (exact) mass is 278 g/mol. The topological polar surface area (TPSA) is 88.9 Å². The maximum Gasteiger partial charge on any atom is 0.333 e. The van der Waals surface area contributed by atoms with Gasteiger partial charge in [-0.15, -0.1) is 10.2 Å². The molecule has 0 saturated heterocycles. The molecule has 0 spiro atoms. The molecule has 7 nitrogen and oxygen atoms in total. The van der Waals surface area contributed by atoms with E-state index in [1.165, 1.54) is 32.3 Å². The van der Waals surface area contributed by atoms with Gasteiger partial charge < -0.3 is 5.11 Å². The van der Waals surface area contributed by atoms with Gasteiger partial charge in [-0.1, -0.05) is 12.1 Å². The number of rotatable bonds is 2. The van der Waals surface area contributed by atoms with Crippen molar-refractivity contribution in [3.63, 3.8) is 0 Å². The molecule has 1 aromatic carbocycles. The summed E-state index contributed by atoms with van der Waals surface area (Å²) in [5.41, 5.74) is -2.02. The molecule has 2 rings (SSSR count). The maximum absolute atomic E-state index is 13.4. The average molecular weight is 278 g/mol. The molecule has 20 heavy (non-hydrogen) atoms. The molecule has 2 aromatic rings. The number of aromatic hydroxyl groups is 1. The first-order chi connectivity index (χ1) is 9.43. The van der Waals surface area contributed by atoms with Gasteiger partial charge in [0.05, 0.1) is 0 Å². The first-order valence-corrected chi connectivity index (χ1v) is 5.58. The summed E-state index contributed by atoms with van der Waals surface area (Å²) in [6, 6.07) is 5.59. The highest BCUT2D eigenvalue weighted by Gasteiger charge is 2.14. The van der Waals surface area contributed by atoms with E-state index in [-0.39, 0.29) is 5.69 Å². The van der Waals surface area contributed by atoms with Crippen LogP contribution in [0.4, 0.5) is 15.8 Å². The molecule has 1 heterocycles. The summed E-state index contributed by atoms with van der Waals surface area (Å²) in [6.45, 7) is 0. The van der Waals surface area contributed by atoms with Gasteiger partial charge in [-0.2, -0.15) is 0 Å². The van der Waals surface area contributed by atoms with E-state index in [2.05, 4.69) is 10.2 Å². The summed E-state index contributed by atoms with van der Waals surface area (Å²) >= 11 is 0. The Bertz CT molecular complexity index is 807. The Labute approximate surface area is 112 Å². The smallest absolute Gasteiger partial charge is 0.333 e. The van der Waals surface area contributed by atoms with Gasteiger partial charge in [-0.25, -0.2) is 9.18 Å². The van der Waals surface area contributed by atoms with Crippen molar-refractivity contribution in [3.05, 3.63) is 50.9 Å². The van der Waals surface area contributed by atoms with Gasteiger partial charge in [0.2, 0.25) is 11.6 Å². The molecule has 1 aromatic heterocycles. The fourth-order valence-electron chi connectivity index (χ4n) is 1.54. The lowest BCUT2D eigenvalue weighted by molar-refractivity contribution is 0.413. The molecule has 0 bridgehead atoms. The van der Waals surface area contributed by atoms with Gasteiger partial charge in [0, 0.05) is 14.1 Å². The summed E-state index contributed by atoms with van der Waals surface area (Å²) in [7, 11) is 2.52. The number of nitrogens with zero attached hydrogens (tertiary/aromatic N) is 4. The zero-order valence-electron chi connectivity index (χ0n) is 10.7. The number of halogens is 1. The molecule has 0 aliphatic rings. The van der Waals surface area contributed by atoms with E-state index in [1.807, 2.05) is 0 Å². The van der Waals surface area contributed by atoms with Crippen LogP contribution in [0.15, 0.2) is 44.1 Å². The van der Waals surface area contributed by atoms with Crippen LogP contribution in [0.1, 0.15) is 0 Å². The number of hydrogen-bond acceptors (Lipinski definition) is 5. The Balaban J connectivity index is 2.59. The molecule has 1 N–H and O–H groups in total. The van der Waals surface area contributed by atoms with Gasteiger partial charge in [0.1, 0.15) is 5.69 Å². The number of azo groups is 1. The van der Waals surface area contributed by atoms with E-state index in [0.717, 1.165) is 9.13 Å². The predicted octanol–water partition coefficient (Wildman–Crippen LogP) is 1.34. The van der Waals surface area contributed by atoms with Crippen LogP contribution in [-0.4, -0.2) is 14.2 Å². The van der Waals surface area contributed by atoms with E-state index < -0.39 is 28.6 Å². The lowest BCUT2D eigenvalue weighted by Gasteiger charge is -2.06. The van der Waals surface area contributed by atoms with E-state index in [1.54, 1.807) is 6.07 Å². The third-order valence-electron chi connectivity index (χ3n) is 2.72. The quantitative estimate of drug-likeness (QED) is 0.841. The molecule has 0 unspecified atom stereocenters. The summed E-state index contributed by atoms with van der Waals surface area (Å²) in [5.74, 6) is -1.24. The Morgan fingerprint density at radius 3 is 2.40 bits per heavy atom. The molecule has 0 radical (unpaired) electrons. The van der Waals surface area contributed by atoms with E-state index in [9.17, 15) is 19.1 Å². The highest BCUT2D eigenvalue weighted by atomic mass is 19.1. The zero-order valence-corrected chi connectivity index (χ0v) is 10.7. The molecule has 0 aliphatic carbocycles. The molecule has 0 aliphatic heterocycles. The lowest BCUT2D eigenvalue weighted by atomic mass is 10.3. The van der Waals surface area contributed by atoms with Crippen LogP contribution in [0.2, 0.25) is 0 Å². The van der Waals surface area contributed by atoms with Crippen molar-refractivity contribution in [2.75, 3.05) is 0 Å². The molecule has 104 valence electrons. The van der Waals surface area contributed by atoms with Gasteiger partial charge in [0.25, 0.3) is 5.56 Å². The summed E-state index contributed by atoms with van der Waals surface area (Å²) < 4.78 is 15.0. The zero-order chi connectivity index (χ0) is 14.9. The van der Waals surface area contributed by atoms with Crippen LogP contribution in [0.5, 0.6) is 5.88 Å². The second-order valence-electron chi connectivity index (χ2n) is 4.03. The van der Waals surface area contributed by atoms with Crippen molar-refractivity contribution in [1.29, 1.82) is 0 Å². The van der Waals surface area contributed by atoms with Crippen molar-refractivity contribution in [2.45, 2.75) is 0 Å². The molecule has 0 saturated carbocycles. The van der Waals surface area contributed by atoms with Gasteiger partial charge in [0.15, 0.2) is 5.82 Å². The Morgan fingerprint density at radius 1 is 1.10 bits per heavy atom. The van der Waals surface area contributed by atoms with Crippen molar-refractivity contribution >= 4 is 11.4 Å². The van der Waals surface area contributed by atoms with E-state index in [0.29, 0.717) is 0 Å². The maximum atomic E-state index is 13.4. The predicted molar refractivity (Wildman–Crippen MR) is 69.2 cm³/mol. The Morgan fingerprint density at radius 2 is 1.75 bits per heavy atom. The second-order valence-corrected chi connectivity index (χ2v) is 4.03.